The molecule has 0 aliphatic rings. The summed E-state index contributed by atoms with van der Waals surface area (Å²) in [5.74, 6) is -0.843. The van der Waals surface area contributed by atoms with E-state index in [4.69, 9.17) is 5.73 Å². The topological polar surface area (TPSA) is 93.5 Å². The Morgan fingerprint density at radius 3 is 2.54 bits per heavy atom. The highest BCUT2D eigenvalue weighted by atomic mass is 32.1. The lowest BCUT2D eigenvalue weighted by Gasteiger charge is -2.17. The van der Waals surface area contributed by atoms with E-state index in [1.807, 2.05) is 0 Å². The van der Waals surface area contributed by atoms with Gasteiger partial charge in [0.15, 0.2) is 0 Å². The minimum absolute atomic E-state index is 0.105. The van der Waals surface area contributed by atoms with Gasteiger partial charge in [0, 0.05) is 17.0 Å². The van der Waals surface area contributed by atoms with Crippen LogP contribution in [-0.4, -0.2) is 18.3 Å². The average Bonchev–Trinajstić information content (AvgIpc) is 3.06. The van der Waals surface area contributed by atoms with Crippen molar-refractivity contribution in [2.24, 2.45) is 5.73 Å². The van der Waals surface area contributed by atoms with E-state index in [2.05, 4.69) is 15.4 Å². The van der Waals surface area contributed by atoms with Crippen LogP contribution in [0.1, 0.15) is 22.9 Å². The number of hydrogen-bond donors (Lipinski definition) is 3. The van der Waals surface area contributed by atoms with E-state index in [1.165, 1.54) is 29.5 Å². The van der Waals surface area contributed by atoms with Gasteiger partial charge in [-0.1, -0.05) is 24.3 Å². The smallest absolute Gasteiger partial charge is 0.405 e. The number of primary amides is 1. The van der Waals surface area contributed by atoms with Crippen LogP contribution < -0.4 is 21.1 Å². The third-order valence-electron chi connectivity index (χ3n) is 3.27. The van der Waals surface area contributed by atoms with Crippen molar-refractivity contribution in [2.45, 2.75) is 25.4 Å². The van der Waals surface area contributed by atoms with Gasteiger partial charge in [-0.3, -0.25) is 4.79 Å². The number of nitrogens with two attached hydrogens (primary N) is 1. The molecule has 1 aromatic carbocycles. The number of para-hydroxylation sites is 1. The fraction of sp³-hybridized carbons (Fsp3) is 0.250. The summed E-state index contributed by atoms with van der Waals surface area (Å²) in [6, 6.07) is 7.62. The Hall–Kier alpha value is -2.75. The molecule has 1 heterocycles. The van der Waals surface area contributed by atoms with Gasteiger partial charge in [0.25, 0.3) is 0 Å². The minimum Gasteiger partial charge on any atom is -0.405 e. The maximum atomic E-state index is 12.4. The zero-order valence-electron chi connectivity index (χ0n) is 13.4. The molecule has 6 nitrogen and oxygen atoms in total. The number of thiophene rings is 1. The van der Waals surface area contributed by atoms with E-state index in [0.29, 0.717) is 0 Å². The molecule has 26 heavy (non-hydrogen) atoms. The Labute approximate surface area is 151 Å². The van der Waals surface area contributed by atoms with Gasteiger partial charge in [0.2, 0.25) is 5.91 Å². The number of carbonyl (C=O) groups is 2. The summed E-state index contributed by atoms with van der Waals surface area (Å²) in [5, 5.41) is 6.77. The van der Waals surface area contributed by atoms with E-state index in [-0.39, 0.29) is 24.3 Å². The third-order valence-corrected chi connectivity index (χ3v) is 4.25. The lowest BCUT2D eigenvalue weighted by Crippen LogP contribution is -2.36. The first-order valence-electron chi connectivity index (χ1n) is 7.44. The van der Waals surface area contributed by atoms with Gasteiger partial charge in [0.05, 0.1) is 12.5 Å². The number of hydrogen-bond acceptors (Lipinski definition) is 4. The molecule has 0 unspecified atom stereocenters. The lowest BCUT2D eigenvalue weighted by atomic mass is 10.1. The zero-order chi connectivity index (χ0) is 19.2. The van der Waals surface area contributed by atoms with E-state index in [1.54, 1.807) is 17.5 Å². The SMILES string of the molecule is NC(=O)N[C@H](CC(=O)NCc1ccccc1OC(F)(F)F)c1cccs1. The number of nitrogens with one attached hydrogen (secondary N) is 2. The van der Waals surface area contributed by atoms with E-state index in [9.17, 15) is 22.8 Å². The Kier molecular flexibility index (Phi) is 6.45. The molecule has 0 spiro atoms. The molecule has 10 heteroatoms. The molecular formula is C16H16F3N3O3S. The fourth-order valence-electron chi connectivity index (χ4n) is 2.21. The molecule has 1 atom stereocenters. The van der Waals surface area contributed by atoms with Crippen LogP contribution >= 0.6 is 11.3 Å². The first-order chi connectivity index (χ1) is 12.2. The number of amides is 3. The fourth-order valence-corrected chi connectivity index (χ4v) is 2.99. The average molecular weight is 387 g/mol. The van der Waals surface area contributed by atoms with Crippen LogP contribution in [0.5, 0.6) is 5.75 Å². The predicted molar refractivity (Wildman–Crippen MR) is 89.4 cm³/mol. The largest absolute Gasteiger partial charge is 0.573 e. The van der Waals surface area contributed by atoms with Crippen LogP contribution in [0.25, 0.3) is 0 Å². The van der Waals surface area contributed by atoms with Gasteiger partial charge < -0.3 is 21.1 Å². The second kappa shape index (κ2) is 8.56. The van der Waals surface area contributed by atoms with Crippen LogP contribution in [0, 0.1) is 0 Å². The van der Waals surface area contributed by atoms with Crippen LogP contribution in [0.3, 0.4) is 0 Å². The summed E-state index contributed by atoms with van der Waals surface area (Å²) >= 11 is 1.34. The minimum atomic E-state index is -4.82. The molecule has 0 saturated heterocycles. The molecule has 0 fully saturated rings. The number of carbonyl (C=O) groups excluding carboxylic acids is 2. The van der Waals surface area contributed by atoms with Crippen molar-refractivity contribution >= 4 is 23.3 Å². The van der Waals surface area contributed by atoms with Crippen molar-refractivity contribution in [1.82, 2.24) is 10.6 Å². The second-order valence-electron chi connectivity index (χ2n) is 5.21. The molecule has 2 rings (SSSR count). The van der Waals surface area contributed by atoms with Gasteiger partial charge in [-0.15, -0.1) is 24.5 Å². The molecule has 2 aromatic rings. The maximum Gasteiger partial charge on any atom is 0.573 e. The third kappa shape index (κ3) is 6.28. The number of ether oxygens (including phenoxy) is 1. The summed E-state index contributed by atoms with van der Waals surface area (Å²) in [4.78, 5) is 24.0. The van der Waals surface area contributed by atoms with Crippen LogP contribution in [0.4, 0.5) is 18.0 Å². The van der Waals surface area contributed by atoms with Crippen molar-refractivity contribution < 1.29 is 27.5 Å². The first-order valence-corrected chi connectivity index (χ1v) is 8.32. The predicted octanol–water partition coefficient (Wildman–Crippen LogP) is 3.06. The summed E-state index contributed by atoms with van der Waals surface area (Å²) in [6.45, 7) is -0.154. The quantitative estimate of drug-likeness (QED) is 0.682. The van der Waals surface area contributed by atoms with Crippen LogP contribution in [0.2, 0.25) is 0 Å². The molecule has 0 saturated carbocycles. The number of rotatable bonds is 7. The van der Waals surface area contributed by atoms with Crippen molar-refractivity contribution in [3.8, 4) is 5.75 Å². The van der Waals surface area contributed by atoms with Crippen molar-refractivity contribution in [1.29, 1.82) is 0 Å². The summed E-state index contributed by atoms with van der Waals surface area (Å²) in [6.07, 6.45) is -4.93. The van der Waals surface area contributed by atoms with Gasteiger partial charge in [-0.2, -0.15) is 0 Å². The molecule has 0 aliphatic heterocycles. The number of benzene rings is 1. The highest BCUT2D eigenvalue weighted by Crippen LogP contribution is 2.26. The molecule has 0 radical (unpaired) electrons. The normalized spacial score (nSPS) is 12.3. The van der Waals surface area contributed by atoms with E-state index >= 15 is 0 Å². The van der Waals surface area contributed by atoms with Crippen molar-refractivity contribution in [3.63, 3.8) is 0 Å². The number of urea groups is 1. The molecule has 4 N–H and O–H groups in total. The summed E-state index contributed by atoms with van der Waals surface area (Å²) in [5.41, 5.74) is 5.29. The first kappa shape index (κ1) is 19.6. The Morgan fingerprint density at radius 2 is 1.92 bits per heavy atom. The molecule has 0 aliphatic carbocycles. The Morgan fingerprint density at radius 1 is 1.19 bits per heavy atom. The highest BCUT2D eigenvalue weighted by Gasteiger charge is 2.32. The highest BCUT2D eigenvalue weighted by molar-refractivity contribution is 7.10. The van der Waals surface area contributed by atoms with Gasteiger partial charge in [-0.05, 0) is 17.5 Å². The molecule has 140 valence electrons. The molecular weight excluding hydrogens is 371 g/mol. The van der Waals surface area contributed by atoms with E-state index in [0.717, 1.165) is 10.9 Å². The van der Waals surface area contributed by atoms with Gasteiger partial charge in [-0.25, -0.2) is 4.79 Å². The standard InChI is InChI=1S/C16H16F3N3O3S/c17-16(18,19)25-12-5-2-1-4-10(12)9-21-14(23)8-11(22-15(20)24)13-6-3-7-26-13/h1-7,11H,8-9H2,(H,21,23)(H3,20,22,24)/t11-/m1/s1. The monoisotopic (exact) mass is 387 g/mol. The van der Waals surface area contributed by atoms with Crippen LogP contribution in [0.15, 0.2) is 41.8 Å². The number of alkyl halides is 3. The van der Waals surface area contributed by atoms with Gasteiger partial charge >= 0.3 is 12.4 Å². The Bertz CT molecular complexity index is 751. The van der Waals surface area contributed by atoms with Gasteiger partial charge in [0.1, 0.15) is 5.75 Å². The second-order valence-corrected chi connectivity index (χ2v) is 6.19. The summed E-state index contributed by atoms with van der Waals surface area (Å²) < 4.78 is 41.2. The van der Waals surface area contributed by atoms with Crippen molar-refractivity contribution in [2.75, 3.05) is 0 Å². The lowest BCUT2D eigenvalue weighted by molar-refractivity contribution is -0.274. The Balaban J connectivity index is 1.99. The molecule has 0 bridgehead atoms. The number of halogens is 3. The summed E-state index contributed by atoms with van der Waals surface area (Å²) in [7, 11) is 0. The van der Waals surface area contributed by atoms with Crippen molar-refractivity contribution in [3.05, 3.63) is 52.2 Å². The van der Waals surface area contributed by atoms with Crippen LogP contribution in [-0.2, 0) is 11.3 Å². The zero-order valence-corrected chi connectivity index (χ0v) is 14.2. The molecule has 1 aromatic heterocycles. The van der Waals surface area contributed by atoms with E-state index < -0.39 is 24.3 Å². The maximum absolute atomic E-state index is 12.4. The molecule has 3 amide bonds.